The number of anilines is 1. The number of aliphatic hydroxyl groups is 1. The summed E-state index contributed by atoms with van der Waals surface area (Å²) in [5.74, 6) is 0. The highest BCUT2D eigenvalue weighted by Crippen LogP contribution is 2.31. The molecule has 0 aliphatic heterocycles. The van der Waals surface area contributed by atoms with Crippen molar-refractivity contribution in [1.82, 2.24) is 0 Å². The second-order valence-corrected chi connectivity index (χ2v) is 6.68. The van der Waals surface area contributed by atoms with E-state index in [1.54, 1.807) is 0 Å². The number of nitrogens with one attached hydrogen (secondary N) is 1. The summed E-state index contributed by atoms with van der Waals surface area (Å²) < 4.78 is 0. The number of rotatable bonds is 8. The van der Waals surface area contributed by atoms with E-state index in [-0.39, 0.29) is 12.0 Å². The molecular formula is C21H29N2O+. The third kappa shape index (κ3) is 4.95. The van der Waals surface area contributed by atoms with Gasteiger partial charge >= 0.3 is 0 Å². The molecule has 0 unspecified atom stereocenters. The topological polar surface area (TPSA) is 48.9 Å². The maximum atomic E-state index is 8.94. The van der Waals surface area contributed by atoms with E-state index in [2.05, 4.69) is 61.9 Å². The van der Waals surface area contributed by atoms with Gasteiger partial charge in [0.1, 0.15) is 5.69 Å². The number of para-hydroxylation sites is 1. The van der Waals surface area contributed by atoms with Crippen LogP contribution in [0.3, 0.4) is 0 Å². The Morgan fingerprint density at radius 2 is 1.79 bits per heavy atom. The zero-order valence-electron chi connectivity index (χ0n) is 14.9. The van der Waals surface area contributed by atoms with Crippen molar-refractivity contribution in [3.8, 4) is 0 Å². The fourth-order valence-corrected chi connectivity index (χ4v) is 2.88. The molecule has 4 N–H and O–H groups in total. The summed E-state index contributed by atoms with van der Waals surface area (Å²) in [6.45, 7) is 4.76. The van der Waals surface area contributed by atoms with Crippen molar-refractivity contribution in [1.29, 1.82) is 0 Å². The molecule has 0 fully saturated rings. The van der Waals surface area contributed by atoms with Crippen LogP contribution in [0.2, 0.25) is 0 Å². The highest BCUT2D eigenvalue weighted by molar-refractivity contribution is 5.47. The minimum atomic E-state index is 0.0896. The van der Waals surface area contributed by atoms with E-state index >= 15 is 0 Å². The van der Waals surface area contributed by atoms with Crippen LogP contribution in [0, 0.1) is 0 Å². The third-order valence-corrected chi connectivity index (χ3v) is 4.35. The molecule has 0 aromatic heterocycles. The largest absolute Gasteiger partial charge is 0.396 e. The summed E-state index contributed by atoms with van der Waals surface area (Å²) in [6, 6.07) is 16.8. The summed E-state index contributed by atoms with van der Waals surface area (Å²) in [6.07, 6.45) is 5.88. The lowest BCUT2D eigenvalue weighted by Gasteiger charge is -2.24. The molecule has 128 valence electrons. The number of aliphatic hydroxyl groups excluding tert-OH is 1. The van der Waals surface area contributed by atoms with E-state index in [0.717, 1.165) is 17.7 Å². The van der Waals surface area contributed by atoms with Gasteiger partial charge in [-0.05, 0) is 48.2 Å². The molecule has 0 amide bonds. The van der Waals surface area contributed by atoms with Crippen LogP contribution in [0.15, 0.2) is 60.8 Å². The lowest BCUT2D eigenvalue weighted by molar-refractivity contribution is -0.540. The van der Waals surface area contributed by atoms with Gasteiger partial charge in [0.15, 0.2) is 0 Å². The maximum Gasteiger partial charge on any atom is 0.133 e. The van der Waals surface area contributed by atoms with Crippen LogP contribution in [-0.4, -0.2) is 18.8 Å². The monoisotopic (exact) mass is 325 g/mol. The number of allylic oxidation sites excluding steroid dienone is 1. The van der Waals surface area contributed by atoms with Crippen molar-refractivity contribution in [2.24, 2.45) is 0 Å². The first-order valence-electron chi connectivity index (χ1n) is 8.57. The van der Waals surface area contributed by atoms with Crippen LogP contribution in [0.4, 0.5) is 11.4 Å². The fraction of sp³-hybridized carbons (Fsp3) is 0.333. The van der Waals surface area contributed by atoms with Crippen molar-refractivity contribution in [3.05, 3.63) is 71.9 Å². The molecule has 24 heavy (non-hydrogen) atoms. The molecular weight excluding hydrogens is 296 g/mol. The predicted molar refractivity (Wildman–Crippen MR) is 102 cm³/mol. The van der Waals surface area contributed by atoms with Gasteiger partial charge in [-0.3, -0.25) is 0 Å². The van der Waals surface area contributed by atoms with Crippen LogP contribution >= 0.6 is 0 Å². The van der Waals surface area contributed by atoms with Gasteiger partial charge in [-0.2, -0.15) is 0 Å². The first-order chi connectivity index (χ1) is 11.6. The van der Waals surface area contributed by atoms with E-state index < -0.39 is 0 Å². The lowest BCUT2D eigenvalue weighted by atomic mass is 9.80. The van der Waals surface area contributed by atoms with E-state index in [4.69, 9.17) is 5.11 Å². The van der Waals surface area contributed by atoms with Crippen molar-refractivity contribution < 1.29 is 10.4 Å². The highest BCUT2D eigenvalue weighted by Gasteiger charge is 2.23. The van der Waals surface area contributed by atoms with Crippen molar-refractivity contribution in [3.63, 3.8) is 0 Å². The van der Waals surface area contributed by atoms with Gasteiger partial charge in [0.2, 0.25) is 0 Å². The zero-order chi connectivity index (χ0) is 17.4. The van der Waals surface area contributed by atoms with Gasteiger partial charge in [-0.15, -0.1) is 0 Å². The van der Waals surface area contributed by atoms with Gasteiger partial charge in [0, 0.05) is 17.9 Å². The molecule has 2 aromatic rings. The maximum absolute atomic E-state index is 8.94. The molecule has 2 rings (SSSR count). The minimum Gasteiger partial charge on any atom is -0.396 e. The summed E-state index contributed by atoms with van der Waals surface area (Å²) in [5.41, 5.74) is 4.99. The molecule has 0 bridgehead atoms. The number of hydrogen-bond acceptors (Lipinski definition) is 2. The molecule has 3 heteroatoms. The van der Waals surface area contributed by atoms with Gasteiger partial charge < -0.3 is 15.7 Å². The Morgan fingerprint density at radius 1 is 1.08 bits per heavy atom. The average molecular weight is 325 g/mol. The number of nitrogens with two attached hydrogens (primary N) is 1. The van der Waals surface area contributed by atoms with Crippen molar-refractivity contribution >= 4 is 11.4 Å². The first kappa shape index (κ1) is 18.2. The van der Waals surface area contributed by atoms with E-state index in [1.165, 1.54) is 11.3 Å². The molecule has 2 aromatic carbocycles. The first-order valence-corrected chi connectivity index (χ1v) is 8.57. The molecule has 0 heterocycles. The molecule has 0 radical (unpaired) electrons. The van der Waals surface area contributed by atoms with Crippen LogP contribution in [0.25, 0.3) is 0 Å². The lowest BCUT2D eigenvalue weighted by Crippen LogP contribution is -2.73. The van der Waals surface area contributed by atoms with Crippen LogP contribution in [0.5, 0.6) is 0 Å². The summed E-state index contributed by atoms with van der Waals surface area (Å²) in [7, 11) is 2.09. The Kier molecular flexibility index (Phi) is 6.59. The molecule has 3 nitrogen and oxygen atoms in total. The Hall–Kier alpha value is -2.10. The van der Waals surface area contributed by atoms with Crippen LogP contribution < -0.4 is 10.6 Å². The predicted octanol–water partition coefficient (Wildman–Crippen LogP) is 3.34. The summed E-state index contributed by atoms with van der Waals surface area (Å²) in [4.78, 5) is 0. The smallest absolute Gasteiger partial charge is 0.133 e. The van der Waals surface area contributed by atoms with Crippen LogP contribution in [-0.2, 0) is 11.8 Å². The van der Waals surface area contributed by atoms with Crippen molar-refractivity contribution in [2.45, 2.75) is 32.1 Å². The fourth-order valence-electron chi connectivity index (χ4n) is 2.88. The summed E-state index contributed by atoms with van der Waals surface area (Å²) in [5, 5.41) is 14.4. The normalized spacial score (nSPS) is 11.8. The van der Waals surface area contributed by atoms with Crippen LogP contribution in [0.1, 0.15) is 31.4 Å². The second kappa shape index (κ2) is 8.67. The highest BCUT2D eigenvalue weighted by atomic mass is 16.2. The number of quaternary nitrogens is 1. The minimum absolute atomic E-state index is 0.0896. The molecule has 0 aliphatic carbocycles. The molecule has 0 saturated heterocycles. The third-order valence-electron chi connectivity index (χ3n) is 4.35. The summed E-state index contributed by atoms with van der Waals surface area (Å²) >= 11 is 0. The van der Waals surface area contributed by atoms with Gasteiger partial charge in [-0.1, -0.05) is 50.3 Å². The quantitative estimate of drug-likeness (QED) is 0.652. The molecule has 0 aliphatic rings. The number of hydrogen-bond donors (Lipinski definition) is 3. The van der Waals surface area contributed by atoms with E-state index in [0.29, 0.717) is 6.42 Å². The molecule has 0 atom stereocenters. The Morgan fingerprint density at radius 3 is 2.46 bits per heavy atom. The Balaban J connectivity index is 1.95. The van der Waals surface area contributed by atoms with Gasteiger partial charge in [0.05, 0.1) is 7.05 Å². The number of benzene rings is 2. The van der Waals surface area contributed by atoms with Gasteiger partial charge in [0.25, 0.3) is 0 Å². The van der Waals surface area contributed by atoms with Crippen molar-refractivity contribution in [2.75, 3.05) is 19.0 Å². The Labute approximate surface area is 145 Å². The Bertz CT molecular complexity index is 660. The second-order valence-electron chi connectivity index (χ2n) is 6.68. The molecule has 0 spiro atoms. The van der Waals surface area contributed by atoms with E-state index in [9.17, 15) is 0 Å². The standard InChI is InChI=1S/C21H28N2O/c1-21(2,19-7-4-5-8-20(19)22-3)14-6-15-23-18-11-9-17(10-12-18)13-16-24/h4-12,15,22-24H,13-14,16H2,1-3H3/p+1/b15-6+. The van der Waals surface area contributed by atoms with Gasteiger partial charge in [-0.25, -0.2) is 0 Å². The average Bonchev–Trinajstić information content (AvgIpc) is 2.60. The zero-order valence-corrected chi connectivity index (χ0v) is 14.9. The molecule has 0 saturated carbocycles. The van der Waals surface area contributed by atoms with E-state index in [1.807, 2.05) is 30.5 Å². The SMILES string of the molecule is C[NH2+]c1ccccc1C(C)(C)C/C=C/Nc1ccc(CCO)cc1.